The standard InChI is InChI=1S/C15H20FNO4/c1-9(16)10-7-13-14(21-6-2-5-20-13)8-11(10)12(17)3-4-15(18)19/h7-9,12H,2-6,17H2,1H3,(H,18,19). The molecule has 0 spiro atoms. The molecule has 0 saturated carbocycles. The second-order valence-electron chi connectivity index (χ2n) is 5.13. The molecule has 0 fully saturated rings. The molecule has 1 aromatic carbocycles. The quantitative estimate of drug-likeness (QED) is 0.873. The van der Waals surface area contributed by atoms with Crippen molar-refractivity contribution in [3.8, 4) is 11.5 Å². The van der Waals surface area contributed by atoms with Crippen molar-refractivity contribution in [1.29, 1.82) is 0 Å². The van der Waals surface area contributed by atoms with E-state index in [1.54, 1.807) is 12.1 Å². The fourth-order valence-corrected chi connectivity index (χ4v) is 2.34. The molecule has 1 heterocycles. The molecule has 0 bridgehead atoms. The van der Waals surface area contributed by atoms with Crippen LogP contribution >= 0.6 is 0 Å². The van der Waals surface area contributed by atoms with Crippen LogP contribution in [0.2, 0.25) is 0 Å². The van der Waals surface area contributed by atoms with Gasteiger partial charge in [0.15, 0.2) is 11.5 Å². The maximum atomic E-state index is 13.9. The molecule has 2 atom stereocenters. The summed E-state index contributed by atoms with van der Waals surface area (Å²) in [6.45, 7) is 2.48. The van der Waals surface area contributed by atoms with Gasteiger partial charge < -0.3 is 20.3 Å². The van der Waals surface area contributed by atoms with Crippen LogP contribution in [-0.2, 0) is 4.79 Å². The summed E-state index contributed by atoms with van der Waals surface area (Å²) in [5.74, 6) is 0.133. The van der Waals surface area contributed by atoms with Gasteiger partial charge in [0.1, 0.15) is 6.17 Å². The molecule has 0 aliphatic carbocycles. The van der Waals surface area contributed by atoms with Crippen molar-refractivity contribution in [2.24, 2.45) is 5.73 Å². The Morgan fingerprint density at radius 2 is 1.90 bits per heavy atom. The van der Waals surface area contributed by atoms with Gasteiger partial charge >= 0.3 is 5.97 Å². The minimum atomic E-state index is -1.21. The molecule has 5 nitrogen and oxygen atoms in total. The van der Waals surface area contributed by atoms with E-state index in [1.807, 2.05) is 0 Å². The van der Waals surface area contributed by atoms with Crippen LogP contribution in [0.1, 0.15) is 49.5 Å². The summed E-state index contributed by atoms with van der Waals surface area (Å²) in [6, 6.07) is 2.74. The Morgan fingerprint density at radius 3 is 2.43 bits per heavy atom. The molecular formula is C15H20FNO4. The smallest absolute Gasteiger partial charge is 0.303 e. The molecule has 2 rings (SSSR count). The van der Waals surface area contributed by atoms with Crippen LogP contribution in [0.4, 0.5) is 4.39 Å². The van der Waals surface area contributed by atoms with Gasteiger partial charge in [0.25, 0.3) is 0 Å². The number of carboxylic acids is 1. The van der Waals surface area contributed by atoms with Crippen molar-refractivity contribution in [2.75, 3.05) is 13.2 Å². The average molecular weight is 297 g/mol. The Hall–Kier alpha value is -1.82. The number of nitrogens with two attached hydrogens (primary N) is 1. The monoisotopic (exact) mass is 297 g/mol. The molecule has 1 aromatic rings. The first-order valence-corrected chi connectivity index (χ1v) is 7.04. The Morgan fingerprint density at radius 1 is 1.33 bits per heavy atom. The predicted octanol–water partition coefficient (Wildman–Crippen LogP) is 2.74. The van der Waals surface area contributed by atoms with Crippen molar-refractivity contribution >= 4 is 5.97 Å². The number of benzene rings is 1. The highest BCUT2D eigenvalue weighted by Gasteiger charge is 2.21. The molecular weight excluding hydrogens is 277 g/mol. The van der Waals surface area contributed by atoms with Crippen molar-refractivity contribution in [1.82, 2.24) is 0 Å². The number of alkyl halides is 1. The lowest BCUT2D eigenvalue weighted by Gasteiger charge is -2.19. The van der Waals surface area contributed by atoms with Gasteiger partial charge in [-0.2, -0.15) is 0 Å². The first kappa shape index (κ1) is 15.6. The number of carbonyl (C=O) groups is 1. The van der Waals surface area contributed by atoms with Crippen LogP contribution in [0.25, 0.3) is 0 Å². The lowest BCUT2D eigenvalue weighted by molar-refractivity contribution is -0.137. The highest BCUT2D eigenvalue weighted by Crippen LogP contribution is 2.38. The Kier molecular flexibility index (Phi) is 5.01. The molecule has 1 aliphatic heterocycles. The number of aliphatic carboxylic acids is 1. The molecule has 3 N–H and O–H groups in total. The van der Waals surface area contributed by atoms with E-state index in [1.165, 1.54) is 6.92 Å². The Bertz CT molecular complexity index is 519. The molecule has 21 heavy (non-hydrogen) atoms. The van der Waals surface area contributed by atoms with E-state index in [4.69, 9.17) is 20.3 Å². The summed E-state index contributed by atoms with van der Waals surface area (Å²) in [6.07, 6.45) is -0.270. The number of ether oxygens (including phenoxy) is 2. The Labute approximate surface area is 122 Å². The maximum absolute atomic E-state index is 13.9. The van der Waals surface area contributed by atoms with Gasteiger partial charge in [-0.25, -0.2) is 4.39 Å². The number of carboxylic acid groups (broad SMARTS) is 1. The van der Waals surface area contributed by atoms with E-state index in [0.717, 1.165) is 6.42 Å². The predicted molar refractivity (Wildman–Crippen MR) is 75.4 cm³/mol. The van der Waals surface area contributed by atoms with Gasteiger partial charge in [-0.05, 0) is 36.6 Å². The van der Waals surface area contributed by atoms with E-state index < -0.39 is 18.2 Å². The highest BCUT2D eigenvalue weighted by atomic mass is 19.1. The van der Waals surface area contributed by atoms with E-state index in [0.29, 0.717) is 35.8 Å². The maximum Gasteiger partial charge on any atom is 0.303 e. The zero-order chi connectivity index (χ0) is 15.4. The van der Waals surface area contributed by atoms with Gasteiger partial charge in [0.05, 0.1) is 13.2 Å². The Balaban J connectivity index is 2.33. The van der Waals surface area contributed by atoms with Crippen LogP contribution in [0.3, 0.4) is 0 Å². The number of rotatable bonds is 5. The number of fused-ring (bicyclic) bond motifs is 1. The van der Waals surface area contributed by atoms with E-state index >= 15 is 0 Å². The van der Waals surface area contributed by atoms with Gasteiger partial charge in [-0.1, -0.05) is 0 Å². The highest BCUT2D eigenvalue weighted by molar-refractivity contribution is 5.66. The summed E-state index contributed by atoms with van der Waals surface area (Å²) >= 11 is 0. The molecule has 0 radical (unpaired) electrons. The molecule has 0 saturated heterocycles. The van der Waals surface area contributed by atoms with Crippen molar-refractivity contribution in [3.63, 3.8) is 0 Å². The molecule has 1 aliphatic rings. The lowest BCUT2D eigenvalue weighted by atomic mass is 9.94. The van der Waals surface area contributed by atoms with Gasteiger partial charge in [-0.3, -0.25) is 4.79 Å². The third-order valence-corrected chi connectivity index (χ3v) is 3.45. The fourth-order valence-electron chi connectivity index (χ4n) is 2.34. The van der Waals surface area contributed by atoms with Crippen molar-refractivity contribution < 1.29 is 23.8 Å². The zero-order valence-electron chi connectivity index (χ0n) is 12.0. The van der Waals surface area contributed by atoms with Crippen LogP contribution in [0, 0.1) is 0 Å². The van der Waals surface area contributed by atoms with Crippen LogP contribution < -0.4 is 15.2 Å². The molecule has 2 unspecified atom stereocenters. The summed E-state index contributed by atoms with van der Waals surface area (Å²) in [7, 11) is 0. The third-order valence-electron chi connectivity index (χ3n) is 3.45. The van der Waals surface area contributed by atoms with Crippen LogP contribution in [-0.4, -0.2) is 24.3 Å². The molecule has 6 heteroatoms. The minimum absolute atomic E-state index is 0.0598. The largest absolute Gasteiger partial charge is 0.490 e. The average Bonchev–Trinajstić information content (AvgIpc) is 2.67. The molecule has 0 aromatic heterocycles. The normalized spacial score (nSPS) is 16.9. The number of hydrogen-bond donors (Lipinski definition) is 2. The SMILES string of the molecule is CC(F)c1cc2c(cc1C(N)CCC(=O)O)OCCCO2. The van der Waals surface area contributed by atoms with E-state index in [9.17, 15) is 9.18 Å². The second-order valence-corrected chi connectivity index (χ2v) is 5.13. The topological polar surface area (TPSA) is 81.8 Å². The van der Waals surface area contributed by atoms with E-state index in [2.05, 4.69) is 0 Å². The lowest BCUT2D eigenvalue weighted by Crippen LogP contribution is -2.15. The van der Waals surface area contributed by atoms with Crippen molar-refractivity contribution in [2.45, 2.75) is 38.4 Å². The fraction of sp³-hybridized carbons (Fsp3) is 0.533. The van der Waals surface area contributed by atoms with Gasteiger partial charge in [-0.15, -0.1) is 0 Å². The van der Waals surface area contributed by atoms with Crippen molar-refractivity contribution in [3.05, 3.63) is 23.3 Å². The first-order chi connectivity index (χ1) is 9.99. The van der Waals surface area contributed by atoms with Crippen LogP contribution in [0.5, 0.6) is 11.5 Å². The van der Waals surface area contributed by atoms with Crippen LogP contribution in [0.15, 0.2) is 12.1 Å². The minimum Gasteiger partial charge on any atom is -0.490 e. The van der Waals surface area contributed by atoms with Gasteiger partial charge in [0, 0.05) is 18.9 Å². The molecule has 116 valence electrons. The summed E-state index contributed by atoms with van der Waals surface area (Å²) in [5.41, 5.74) is 7.03. The van der Waals surface area contributed by atoms with E-state index in [-0.39, 0.29) is 12.8 Å². The third kappa shape index (κ3) is 3.85. The second kappa shape index (κ2) is 6.76. The first-order valence-electron chi connectivity index (χ1n) is 7.04. The number of halogens is 1. The number of hydrogen-bond acceptors (Lipinski definition) is 4. The van der Waals surface area contributed by atoms with Gasteiger partial charge in [0.2, 0.25) is 0 Å². The summed E-state index contributed by atoms with van der Waals surface area (Å²) < 4.78 is 25.0. The molecule has 0 amide bonds. The zero-order valence-corrected chi connectivity index (χ0v) is 12.0. The summed E-state index contributed by atoms with van der Waals surface area (Å²) in [5, 5.41) is 8.74. The summed E-state index contributed by atoms with van der Waals surface area (Å²) in [4.78, 5) is 10.7.